The molecule has 6 nitrogen and oxygen atoms in total. The molecule has 1 heterocycles. The summed E-state index contributed by atoms with van der Waals surface area (Å²) < 4.78 is 1.55. The summed E-state index contributed by atoms with van der Waals surface area (Å²) in [6, 6.07) is -0.729. The Morgan fingerprint density at radius 1 is 1.38 bits per heavy atom. The summed E-state index contributed by atoms with van der Waals surface area (Å²) >= 11 is 0. The third kappa shape index (κ3) is 3.62. The largest absolute Gasteiger partial charge is 0.480 e. The molecule has 1 atom stereocenters. The molecule has 1 aliphatic rings. The average molecular weight is 293 g/mol. The minimum atomic E-state index is -0.914. The molecule has 0 aromatic carbocycles. The minimum absolute atomic E-state index is 0.0130. The fourth-order valence-corrected chi connectivity index (χ4v) is 2.93. The van der Waals surface area contributed by atoms with Crippen molar-refractivity contribution >= 4 is 11.8 Å². The lowest BCUT2D eigenvalue weighted by atomic mass is 9.84. The maximum atomic E-state index is 12.3. The zero-order valence-corrected chi connectivity index (χ0v) is 12.6. The van der Waals surface area contributed by atoms with E-state index in [1.54, 1.807) is 10.8 Å². The molecule has 2 rings (SSSR count). The van der Waals surface area contributed by atoms with Crippen LogP contribution in [0.5, 0.6) is 0 Å². The number of aromatic nitrogens is 2. The van der Waals surface area contributed by atoms with E-state index in [9.17, 15) is 14.7 Å². The van der Waals surface area contributed by atoms with Crippen molar-refractivity contribution in [1.82, 2.24) is 9.55 Å². The predicted octanol–water partition coefficient (Wildman–Crippen LogP) is 2.27. The molecule has 1 fully saturated rings. The Kier molecular flexibility index (Phi) is 4.98. The van der Waals surface area contributed by atoms with Crippen molar-refractivity contribution < 1.29 is 9.90 Å². The van der Waals surface area contributed by atoms with E-state index in [1.807, 2.05) is 13.8 Å². The number of nitrogens with zero attached hydrogens (tertiary/aromatic N) is 2. The van der Waals surface area contributed by atoms with Gasteiger partial charge < -0.3 is 15.0 Å². The highest BCUT2D eigenvalue weighted by Gasteiger charge is 2.30. The number of aliphatic carboxylic acids is 1. The standard InChI is InChI=1S/C15H23N3O3/c1-10(2)18-9-8-16-13(14(18)19)17-12(15(20)21)11-6-4-3-5-7-11/h8-12H,3-7H2,1-2H3,(H,16,17)(H,20,21). The van der Waals surface area contributed by atoms with E-state index in [-0.39, 0.29) is 23.3 Å². The van der Waals surface area contributed by atoms with Crippen LogP contribution in [0.2, 0.25) is 0 Å². The molecule has 1 aromatic heterocycles. The van der Waals surface area contributed by atoms with Crippen molar-refractivity contribution in [1.29, 1.82) is 0 Å². The van der Waals surface area contributed by atoms with Gasteiger partial charge in [-0.25, -0.2) is 9.78 Å². The van der Waals surface area contributed by atoms with E-state index >= 15 is 0 Å². The molecule has 0 saturated heterocycles. The second-order valence-electron chi connectivity index (χ2n) is 5.94. The highest BCUT2D eigenvalue weighted by atomic mass is 16.4. The van der Waals surface area contributed by atoms with Crippen molar-refractivity contribution in [2.75, 3.05) is 5.32 Å². The Morgan fingerprint density at radius 3 is 2.62 bits per heavy atom. The lowest BCUT2D eigenvalue weighted by molar-refractivity contribution is -0.139. The number of hydrogen-bond donors (Lipinski definition) is 2. The summed E-state index contributed by atoms with van der Waals surface area (Å²) in [4.78, 5) is 27.9. The zero-order valence-electron chi connectivity index (χ0n) is 12.6. The van der Waals surface area contributed by atoms with Gasteiger partial charge in [0.25, 0.3) is 5.56 Å². The van der Waals surface area contributed by atoms with E-state index in [4.69, 9.17) is 0 Å². The molecule has 0 aliphatic heterocycles. The number of anilines is 1. The second kappa shape index (κ2) is 6.74. The first-order valence-corrected chi connectivity index (χ1v) is 7.57. The Labute approximate surface area is 124 Å². The number of rotatable bonds is 5. The van der Waals surface area contributed by atoms with Crippen molar-refractivity contribution in [2.45, 2.75) is 58.0 Å². The van der Waals surface area contributed by atoms with E-state index in [0.29, 0.717) is 0 Å². The quantitative estimate of drug-likeness (QED) is 0.870. The van der Waals surface area contributed by atoms with Gasteiger partial charge in [-0.05, 0) is 32.6 Å². The van der Waals surface area contributed by atoms with Gasteiger partial charge in [-0.1, -0.05) is 19.3 Å². The first-order valence-electron chi connectivity index (χ1n) is 7.57. The Hall–Kier alpha value is -1.85. The van der Waals surface area contributed by atoms with Crippen molar-refractivity contribution in [3.05, 3.63) is 22.7 Å². The van der Waals surface area contributed by atoms with Crippen LogP contribution >= 0.6 is 0 Å². The molecule has 1 aromatic rings. The minimum Gasteiger partial charge on any atom is -0.480 e. The van der Waals surface area contributed by atoms with Crippen LogP contribution in [0.25, 0.3) is 0 Å². The molecule has 0 bridgehead atoms. The van der Waals surface area contributed by atoms with Gasteiger partial charge in [0.2, 0.25) is 0 Å². The normalized spacial score (nSPS) is 17.7. The maximum absolute atomic E-state index is 12.3. The monoisotopic (exact) mass is 293 g/mol. The van der Waals surface area contributed by atoms with E-state index in [2.05, 4.69) is 10.3 Å². The summed E-state index contributed by atoms with van der Waals surface area (Å²) in [5.74, 6) is -0.725. The topological polar surface area (TPSA) is 84.2 Å². The lowest BCUT2D eigenvalue weighted by Gasteiger charge is -2.28. The molecule has 0 spiro atoms. The first kappa shape index (κ1) is 15.5. The molecule has 0 amide bonds. The summed E-state index contributed by atoms with van der Waals surface area (Å²) in [6.07, 6.45) is 8.18. The highest BCUT2D eigenvalue weighted by molar-refractivity contribution is 5.77. The summed E-state index contributed by atoms with van der Waals surface area (Å²) in [5, 5.41) is 12.3. The summed E-state index contributed by atoms with van der Waals surface area (Å²) in [6.45, 7) is 3.81. The fraction of sp³-hybridized carbons (Fsp3) is 0.667. The number of hydrogen-bond acceptors (Lipinski definition) is 4. The van der Waals surface area contributed by atoms with Gasteiger partial charge in [0.05, 0.1) is 0 Å². The van der Waals surface area contributed by atoms with Crippen LogP contribution in [-0.4, -0.2) is 26.7 Å². The van der Waals surface area contributed by atoms with Gasteiger partial charge in [-0.2, -0.15) is 0 Å². The van der Waals surface area contributed by atoms with Gasteiger partial charge in [0.15, 0.2) is 5.82 Å². The van der Waals surface area contributed by atoms with Crippen LogP contribution in [0.1, 0.15) is 52.0 Å². The lowest BCUT2D eigenvalue weighted by Crippen LogP contribution is -2.40. The zero-order chi connectivity index (χ0) is 15.4. The third-order valence-corrected chi connectivity index (χ3v) is 4.10. The van der Waals surface area contributed by atoms with Gasteiger partial charge in [-0.3, -0.25) is 4.79 Å². The molecule has 116 valence electrons. The molecular formula is C15H23N3O3. The third-order valence-electron chi connectivity index (χ3n) is 4.10. The Morgan fingerprint density at radius 2 is 2.05 bits per heavy atom. The van der Waals surface area contributed by atoms with Crippen LogP contribution in [0.3, 0.4) is 0 Å². The first-order chi connectivity index (χ1) is 10.0. The number of carboxylic acids is 1. The number of carbonyl (C=O) groups is 1. The van der Waals surface area contributed by atoms with Gasteiger partial charge in [0.1, 0.15) is 6.04 Å². The Bertz CT molecular complexity index is 547. The maximum Gasteiger partial charge on any atom is 0.326 e. The fourth-order valence-electron chi connectivity index (χ4n) is 2.93. The number of nitrogens with one attached hydrogen (secondary N) is 1. The molecule has 0 radical (unpaired) electrons. The summed E-state index contributed by atoms with van der Waals surface area (Å²) in [7, 11) is 0. The second-order valence-corrected chi connectivity index (χ2v) is 5.94. The highest BCUT2D eigenvalue weighted by Crippen LogP contribution is 2.27. The molecule has 2 N–H and O–H groups in total. The molecule has 21 heavy (non-hydrogen) atoms. The summed E-state index contributed by atoms with van der Waals surface area (Å²) in [5.41, 5.74) is -0.269. The van der Waals surface area contributed by atoms with E-state index < -0.39 is 12.0 Å². The van der Waals surface area contributed by atoms with Crippen molar-refractivity contribution in [2.24, 2.45) is 5.92 Å². The molecule has 6 heteroatoms. The SMILES string of the molecule is CC(C)n1ccnc(NC(C(=O)O)C2CCCCC2)c1=O. The molecule has 1 aliphatic carbocycles. The van der Waals surface area contributed by atoms with Gasteiger partial charge in [0, 0.05) is 18.4 Å². The van der Waals surface area contributed by atoms with Crippen LogP contribution in [0.15, 0.2) is 17.2 Å². The van der Waals surface area contributed by atoms with Crippen LogP contribution in [-0.2, 0) is 4.79 Å². The molecule has 1 unspecified atom stereocenters. The van der Waals surface area contributed by atoms with Gasteiger partial charge in [-0.15, -0.1) is 0 Å². The van der Waals surface area contributed by atoms with Gasteiger partial charge >= 0.3 is 5.97 Å². The smallest absolute Gasteiger partial charge is 0.326 e. The van der Waals surface area contributed by atoms with Crippen LogP contribution in [0, 0.1) is 5.92 Å². The Balaban J connectivity index is 2.23. The van der Waals surface area contributed by atoms with Crippen molar-refractivity contribution in [3.8, 4) is 0 Å². The van der Waals surface area contributed by atoms with E-state index in [0.717, 1.165) is 32.1 Å². The molecular weight excluding hydrogens is 270 g/mol. The van der Waals surface area contributed by atoms with Crippen LogP contribution in [0.4, 0.5) is 5.82 Å². The van der Waals surface area contributed by atoms with E-state index in [1.165, 1.54) is 6.20 Å². The number of carboxylic acid groups (broad SMARTS) is 1. The molecule has 1 saturated carbocycles. The van der Waals surface area contributed by atoms with Crippen molar-refractivity contribution in [3.63, 3.8) is 0 Å². The van der Waals surface area contributed by atoms with Crippen LogP contribution < -0.4 is 10.9 Å². The average Bonchev–Trinajstić information content (AvgIpc) is 2.46. The predicted molar refractivity (Wildman–Crippen MR) is 80.5 cm³/mol.